The van der Waals surface area contributed by atoms with Crippen molar-refractivity contribution in [3.63, 3.8) is 0 Å². The van der Waals surface area contributed by atoms with Gasteiger partial charge in [0.05, 0.1) is 0 Å². The molecule has 0 bridgehead atoms. The Morgan fingerprint density at radius 2 is 1.55 bits per heavy atom. The van der Waals surface area contributed by atoms with Crippen LogP contribution in [0.2, 0.25) is 0 Å². The second-order valence-corrected chi connectivity index (χ2v) is 6.78. The Morgan fingerprint density at radius 3 is 2.23 bits per heavy atom. The summed E-state index contributed by atoms with van der Waals surface area (Å²) in [6.45, 7) is 1.36. The van der Waals surface area contributed by atoms with E-state index in [-0.39, 0.29) is 19.0 Å². The number of hydrogen-bond donors (Lipinski definition) is 2. The standard InChI is InChI=1S/C24H23FN2O4/c1-17(24(29)26-15-18-7-9-19(25)10-8-18)31-23(28)16-30-22-13-11-21(12-14-22)27-20-5-3-2-4-6-20/h2-14,17,27H,15-16H2,1H3,(H,26,29)/t17-/m1/s1. The molecule has 1 amide bonds. The summed E-state index contributed by atoms with van der Waals surface area (Å²) < 4.78 is 23.4. The van der Waals surface area contributed by atoms with E-state index in [0.29, 0.717) is 5.75 Å². The maximum atomic E-state index is 12.9. The average Bonchev–Trinajstić information content (AvgIpc) is 2.78. The van der Waals surface area contributed by atoms with Crippen molar-refractivity contribution in [3.8, 4) is 5.75 Å². The third kappa shape index (κ3) is 7.15. The van der Waals surface area contributed by atoms with Crippen LogP contribution < -0.4 is 15.4 Å². The minimum atomic E-state index is -0.978. The van der Waals surface area contributed by atoms with E-state index in [1.165, 1.54) is 19.1 Å². The van der Waals surface area contributed by atoms with Crippen molar-refractivity contribution in [2.75, 3.05) is 11.9 Å². The average molecular weight is 422 g/mol. The molecular weight excluding hydrogens is 399 g/mol. The molecule has 2 N–H and O–H groups in total. The van der Waals surface area contributed by atoms with Gasteiger partial charge in [0.1, 0.15) is 11.6 Å². The van der Waals surface area contributed by atoms with Crippen molar-refractivity contribution in [2.45, 2.75) is 19.6 Å². The molecule has 0 radical (unpaired) electrons. The predicted molar refractivity (Wildman–Crippen MR) is 115 cm³/mol. The number of carbonyl (C=O) groups excluding carboxylic acids is 2. The van der Waals surface area contributed by atoms with Crippen molar-refractivity contribution in [1.82, 2.24) is 5.32 Å². The number of anilines is 2. The Morgan fingerprint density at radius 1 is 0.903 bits per heavy atom. The van der Waals surface area contributed by atoms with Gasteiger partial charge >= 0.3 is 5.97 Å². The summed E-state index contributed by atoms with van der Waals surface area (Å²) in [6, 6.07) is 22.6. The van der Waals surface area contributed by atoms with Crippen molar-refractivity contribution in [1.29, 1.82) is 0 Å². The van der Waals surface area contributed by atoms with E-state index in [2.05, 4.69) is 10.6 Å². The summed E-state index contributed by atoms with van der Waals surface area (Å²) >= 11 is 0. The SMILES string of the molecule is C[C@@H](OC(=O)COc1ccc(Nc2ccccc2)cc1)C(=O)NCc1ccc(F)cc1. The number of rotatable bonds is 9. The third-order valence-corrected chi connectivity index (χ3v) is 4.33. The molecule has 0 saturated heterocycles. The van der Waals surface area contributed by atoms with Crippen LogP contribution in [0.4, 0.5) is 15.8 Å². The number of halogens is 1. The first-order chi connectivity index (χ1) is 15.0. The minimum Gasteiger partial charge on any atom is -0.482 e. The highest BCUT2D eigenvalue weighted by Gasteiger charge is 2.18. The van der Waals surface area contributed by atoms with Crippen molar-refractivity contribution < 1.29 is 23.5 Å². The molecule has 3 rings (SSSR count). The first kappa shape index (κ1) is 21.8. The molecule has 7 heteroatoms. The molecule has 0 fully saturated rings. The molecule has 0 aliphatic rings. The quantitative estimate of drug-likeness (QED) is 0.506. The monoisotopic (exact) mass is 422 g/mol. The fraction of sp³-hybridized carbons (Fsp3) is 0.167. The number of carbonyl (C=O) groups is 2. The maximum Gasteiger partial charge on any atom is 0.344 e. The summed E-state index contributed by atoms with van der Waals surface area (Å²) in [5.41, 5.74) is 2.58. The molecule has 160 valence electrons. The number of esters is 1. The first-order valence-electron chi connectivity index (χ1n) is 9.76. The zero-order chi connectivity index (χ0) is 22.1. The van der Waals surface area contributed by atoms with E-state index in [1.807, 2.05) is 42.5 Å². The molecule has 0 aromatic heterocycles. The zero-order valence-electron chi connectivity index (χ0n) is 17.0. The van der Waals surface area contributed by atoms with E-state index in [9.17, 15) is 14.0 Å². The van der Waals surface area contributed by atoms with Gasteiger partial charge in [-0.2, -0.15) is 0 Å². The van der Waals surface area contributed by atoms with E-state index in [1.54, 1.807) is 24.3 Å². The fourth-order valence-electron chi connectivity index (χ4n) is 2.68. The van der Waals surface area contributed by atoms with Gasteiger partial charge in [-0.25, -0.2) is 9.18 Å². The van der Waals surface area contributed by atoms with Gasteiger partial charge in [-0.1, -0.05) is 30.3 Å². The molecule has 3 aromatic rings. The second kappa shape index (κ2) is 10.8. The summed E-state index contributed by atoms with van der Waals surface area (Å²) in [5.74, 6) is -0.951. The molecule has 0 heterocycles. The molecule has 0 unspecified atom stereocenters. The zero-order valence-corrected chi connectivity index (χ0v) is 17.0. The number of benzene rings is 3. The summed E-state index contributed by atoms with van der Waals surface area (Å²) in [7, 11) is 0. The predicted octanol–water partition coefficient (Wildman–Crippen LogP) is 4.20. The highest BCUT2D eigenvalue weighted by Crippen LogP contribution is 2.19. The topological polar surface area (TPSA) is 76.7 Å². The van der Waals surface area contributed by atoms with Crippen LogP contribution in [0.3, 0.4) is 0 Å². The van der Waals surface area contributed by atoms with Gasteiger partial charge in [0, 0.05) is 17.9 Å². The van der Waals surface area contributed by atoms with Crippen molar-refractivity contribution in [3.05, 3.63) is 90.2 Å². The Hall–Kier alpha value is -3.87. The third-order valence-electron chi connectivity index (χ3n) is 4.33. The molecule has 31 heavy (non-hydrogen) atoms. The number of amides is 1. The number of para-hydroxylation sites is 1. The van der Waals surface area contributed by atoms with Gasteiger partial charge in [0.2, 0.25) is 0 Å². The largest absolute Gasteiger partial charge is 0.482 e. The minimum absolute atomic E-state index is 0.209. The van der Waals surface area contributed by atoms with Gasteiger partial charge in [-0.3, -0.25) is 4.79 Å². The van der Waals surface area contributed by atoms with Crippen LogP contribution in [-0.4, -0.2) is 24.6 Å². The Bertz CT molecular complexity index is 992. The van der Waals surface area contributed by atoms with E-state index >= 15 is 0 Å². The Kier molecular flexibility index (Phi) is 7.59. The fourth-order valence-corrected chi connectivity index (χ4v) is 2.68. The number of hydrogen-bond acceptors (Lipinski definition) is 5. The molecule has 1 atom stereocenters. The van der Waals surface area contributed by atoms with Crippen molar-refractivity contribution >= 4 is 23.3 Å². The first-order valence-corrected chi connectivity index (χ1v) is 9.76. The lowest BCUT2D eigenvalue weighted by Crippen LogP contribution is -2.36. The molecular formula is C24H23FN2O4. The lowest BCUT2D eigenvalue weighted by molar-refractivity contribution is -0.156. The van der Waals surface area contributed by atoms with Crippen molar-refractivity contribution in [2.24, 2.45) is 0 Å². The van der Waals surface area contributed by atoms with Crippen LogP contribution in [0.1, 0.15) is 12.5 Å². The van der Waals surface area contributed by atoms with Gasteiger partial charge < -0.3 is 20.1 Å². The van der Waals surface area contributed by atoms with Crippen LogP contribution >= 0.6 is 0 Å². The summed E-state index contributed by atoms with van der Waals surface area (Å²) in [4.78, 5) is 24.0. The molecule has 3 aromatic carbocycles. The molecule has 0 aliphatic carbocycles. The Balaban J connectivity index is 1.39. The van der Waals surface area contributed by atoms with Gasteiger partial charge in [0.15, 0.2) is 12.7 Å². The van der Waals surface area contributed by atoms with Gasteiger partial charge in [-0.15, -0.1) is 0 Å². The maximum absolute atomic E-state index is 12.9. The van der Waals surface area contributed by atoms with E-state index in [0.717, 1.165) is 16.9 Å². The number of nitrogens with one attached hydrogen (secondary N) is 2. The van der Waals surface area contributed by atoms with Crippen LogP contribution in [0, 0.1) is 5.82 Å². The van der Waals surface area contributed by atoms with Crippen LogP contribution in [0.5, 0.6) is 5.75 Å². The van der Waals surface area contributed by atoms with Crippen LogP contribution in [0.15, 0.2) is 78.9 Å². The van der Waals surface area contributed by atoms with E-state index in [4.69, 9.17) is 9.47 Å². The summed E-state index contributed by atoms with van der Waals surface area (Å²) in [6.07, 6.45) is -0.978. The molecule has 0 spiro atoms. The lowest BCUT2D eigenvalue weighted by atomic mass is 10.2. The molecule has 6 nitrogen and oxygen atoms in total. The molecule has 0 aliphatic heterocycles. The van der Waals surface area contributed by atoms with Crippen LogP contribution in [-0.2, 0) is 20.9 Å². The number of ether oxygens (including phenoxy) is 2. The van der Waals surface area contributed by atoms with Gasteiger partial charge in [-0.05, 0) is 61.0 Å². The molecule has 0 saturated carbocycles. The van der Waals surface area contributed by atoms with Gasteiger partial charge in [0.25, 0.3) is 5.91 Å². The second-order valence-electron chi connectivity index (χ2n) is 6.78. The lowest BCUT2D eigenvalue weighted by Gasteiger charge is -2.14. The van der Waals surface area contributed by atoms with Crippen LogP contribution in [0.25, 0.3) is 0 Å². The highest BCUT2D eigenvalue weighted by atomic mass is 19.1. The Labute approximate surface area is 180 Å². The summed E-state index contributed by atoms with van der Waals surface area (Å²) in [5, 5.41) is 5.89. The van der Waals surface area contributed by atoms with E-state index < -0.39 is 18.0 Å². The highest BCUT2D eigenvalue weighted by molar-refractivity contribution is 5.83. The normalized spacial score (nSPS) is 11.3. The smallest absolute Gasteiger partial charge is 0.344 e.